The van der Waals surface area contributed by atoms with Crippen molar-refractivity contribution in [1.29, 1.82) is 5.26 Å². The van der Waals surface area contributed by atoms with Gasteiger partial charge in [0.25, 0.3) is 11.8 Å². The van der Waals surface area contributed by atoms with Crippen molar-refractivity contribution in [3.8, 4) is 11.8 Å². The van der Waals surface area contributed by atoms with Crippen LogP contribution in [0, 0.1) is 11.3 Å². The summed E-state index contributed by atoms with van der Waals surface area (Å²) in [5, 5.41) is 8.80. The number of carbonyl (C=O) groups excluding carboxylic acids is 2. The molecule has 1 fully saturated rings. The Kier molecular flexibility index (Phi) is 6.50. The molecule has 1 aliphatic rings. The van der Waals surface area contributed by atoms with Crippen molar-refractivity contribution in [1.82, 2.24) is 9.80 Å². The lowest BCUT2D eigenvalue weighted by Crippen LogP contribution is -2.51. The zero-order chi connectivity index (χ0) is 20.8. The van der Waals surface area contributed by atoms with Gasteiger partial charge in [0.05, 0.1) is 11.6 Å². The van der Waals surface area contributed by atoms with Crippen LogP contribution in [0.5, 0.6) is 5.75 Å². The minimum absolute atomic E-state index is 0.00115. The number of hydrogen-bond acceptors (Lipinski definition) is 4. The highest BCUT2D eigenvalue weighted by Crippen LogP contribution is 2.17. The third kappa shape index (κ3) is 5.14. The van der Waals surface area contributed by atoms with Gasteiger partial charge in [0.2, 0.25) is 0 Å². The number of carbonyl (C=O) groups is 2. The van der Waals surface area contributed by atoms with Crippen LogP contribution in [0.25, 0.3) is 0 Å². The van der Waals surface area contributed by atoms with E-state index in [1.165, 1.54) is 5.56 Å². The van der Waals surface area contributed by atoms with Gasteiger partial charge in [0, 0.05) is 31.7 Å². The highest BCUT2D eigenvalue weighted by Gasteiger charge is 2.25. The smallest absolute Gasteiger partial charge is 0.260 e. The zero-order valence-electron chi connectivity index (χ0n) is 16.8. The Morgan fingerprint density at radius 1 is 0.966 bits per heavy atom. The Bertz CT molecular complexity index is 890. The van der Waals surface area contributed by atoms with Gasteiger partial charge >= 0.3 is 0 Å². The Labute approximate surface area is 171 Å². The summed E-state index contributed by atoms with van der Waals surface area (Å²) in [5.74, 6) is 0.875. The van der Waals surface area contributed by atoms with Crippen LogP contribution in [0.4, 0.5) is 0 Å². The summed E-state index contributed by atoms with van der Waals surface area (Å²) in [4.78, 5) is 28.6. The van der Waals surface area contributed by atoms with E-state index in [1.54, 1.807) is 34.1 Å². The summed E-state index contributed by atoms with van der Waals surface area (Å²) in [6.45, 7) is 6.18. The van der Waals surface area contributed by atoms with E-state index < -0.39 is 0 Å². The highest BCUT2D eigenvalue weighted by atomic mass is 16.5. The molecule has 150 valence electrons. The number of rotatable bonds is 5. The molecule has 0 bridgehead atoms. The molecule has 3 rings (SSSR count). The van der Waals surface area contributed by atoms with Crippen molar-refractivity contribution in [3.05, 3.63) is 65.2 Å². The van der Waals surface area contributed by atoms with Crippen LogP contribution >= 0.6 is 0 Å². The number of hydrogen-bond donors (Lipinski definition) is 0. The second-order valence-electron chi connectivity index (χ2n) is 7.37. The maximum absolute atomic E-state index is 12.7. The van der Waals surface area contributed by atoms with Gasteiger partial charge < -0.3 is 14.5 Å². The zero-order valence-corrected chi connectivity index (χ0v) is 16.8. The van der Waals surface area contributed by atoms with E-state index in [1.807, 2.05) is 30.3 Å². The molecule has 2 aromatic carbocycles. The molecule has 1 saturated heterocycles. The lowest BCUT2D eigenvalue weighted by atomic mass is 10.0. The fourth-order valence-electron chi connectivity index (χ4n) is 3.21. The molecular formula is C23H25N3O3. The molecule has 0 saturated carbocycles. The van der Waals surface area contributed by atoms with Crippen molar-refractivity contribution >= 4 is 11.8 Å². The second-order valence-corrected chi connectivity index (χ2v) is 7.37. The Balaban J connectivity index is 1.48. The highest BCUT2D eigenvalue weighted by molar-refractivity contribution is 5.94. The van der Waals surface area contributed by atoms with Crippen LogP contribution in [-0.2, 0) is 4.79 Å². The van der Waals surface area contributed by atoms with E-state index in [2.05, 4.69) is 13.8 Å². The van der Waals surface area contributed by atoms with Gasteiger partial charge in [0.1, 0.15) is 5.75 Å². The Morgan fingerprint density at radius 3 is 2.10 bits per heavy atom. The second kappa shape index (κ2) is 9.24. The van der Waals surface area contributed by atoms with Crippen LogP contribution in [0.1, 0.15) is 41.3 Å². The SMILES string of the molecule is CC(C)c1ccc(C(=O)N2CCN(C(=O)COc3ccc(C#N)cc3)CC2)cc1. The lowest BCUT2D eigenvalue weighted by molar-refractivity contribution is -0.134. The van der Waals surface area contributed by atoms with Crippen molar-refractivity contribution in [3.63, 3.8) is 0 Å². The van der Waals surface area contributed by atoms with Gasteiger partial charge in [0.15, 0.2) is 6.61 Å². The van der Waals surface area contributed by atoms with Gasteiger partial charge in [-0.15, -0.1) is 0 Å². The number of nitriles is 1. The van der Waals surface area contributed by atoms with Gasteiger partial charge in [-0.2, -0.15) is 5.26 Å². The number of ether oxygens (including phenoxy) is 1. The molecule has 6 heteroatoms. The van der Waals surface area contributed by atoms with E-state index in [4.69, 9.17) is 10.00 Å². The third-order valence-corrected chi connectivity index (χ3v) is 5.09. The monoisotopic (exact) mass is 391 g/mol. The van der Waals surface area contributed by atoms with E-state index in [-0.39, 0.29) is 18.4 Å². The number of nitrogens with zero attached hydrogens (tertiary/aromatic N) is 3. The Morgan fingerprint density at radius 2 is 1.55 bits per heavy atom. The molecule has 0 spiro atoms. The molecule has 0 aromatic heterocycles. The first kappa shape index (κ1) is 20.4. The fraction of sp³-hybridized carbons (Fsp3) is 0.348. The van der Waals surface area contributed by atoms with Crippen LogP contribution in [0.15, 0.2) is 48.5 Å². The van der Waals surface area contributed by atoms with Crippen LogP contribution < -0.4 is 4.74 Å². The average Bonchev–Trinajstić information content (AvgIpc) is 2.77. The van der Waals surface area contributed by atoms with Crippen molar-refractivity contribution < 1.29 is 14.3 Å². The Hall–Kier alpha value is -3.33. The molecule has 1 aliphatic heterocycles. The predicted octanol–water partition coefficient (Wildman–Crippen LogP) is 3.05. The summed E-state index contributed by atoms with van der Waals surface area (Å²) >= 11 is 0. The average molecular weight is 391 g/mol. The molecular weight excluding hydrogens is 366 g/mol. The molecule has 0 N–H and O–H groups in total. The van der Waals surface area contributed by atoms with Crippen LogP contribution in [-0.4, -0.2) is 54.4 Å². The maximum atomic E-state index is 12.7. The first-order valence-corrected chi connectivity index (χ1v) is 9.78. The number of piperazine rings is 1. The van der Waals surface area contributed by atoms with Gasteiger partial charge in [-0.1, -0.05) is 26.0 Å². The quantitative estimate of drug-likeness (QED) is 0.785. The maximum Gasteiger partial charge on any atom is 0.260 e. The molecule has 0 aliphatic carbocycles. The minimum atomic E-state index is -0.109. The molecule has 6 nitrogen and oxygen atoms in total. The molecule has 1 heterocycles. The van der Waals surface area contributed by atoms with Crippen molar-refractivity contribution in [2.24, 2.45) is 0 Å². The summed E-state index contributed by atoms with van der Waals surface area (Å²) in [6.07, 6.45) is 0. The van der Waals surface area contributed by atoms with E-state index in [0.29, 0.717) is 49.0 Å². The number of amides is 2. The standard InChI is InChI=1S/C23H25N3O3/c1-17(2)19-5-7-20(8-6-19)23(28)26-13-11-25(12-14-26)22(27)16-29-21-9-3-18(15-24)4-10-21/h3-10,17H,11-14,16H2,1-2H3. The third-order valence-electron chi connectivity index (χ3n) is 5.09. The van der Waals surface area contributed by atoms with Crippen molar-refractivity contribution in [2.45, 2.75) is 19.8 Å². The summed E-state index contributed by atoms with van der Waals surface area (Å²) in [6, 6.07) is 16.4. The van der Waals surface area contributed by atoms with Crippen LogP contribution in [0.2, 0.25) is 0 Å². The largest absolute Gasteiger partial charge is 0.484 e. The first-order valence-electron chi connectivity index (χ1n) is 9.78. The topological polar surface area (TPSA) is 73.6 Å². The molecule has 0 unspecified atom stereocenters. The van der Waals surface area contributed by atoms with E-state index >= 15 is 0 Å². The van der Waals surface area contributed by atoms with Gasteiger partial charge in [-0.25, -0.2) is 0 Å². The van der Waals surface area contributed by atoms with E-state index in [0.717, 1.165) is 0 Å². The fourth-order valence-corrected chi connectivity index (χ4v) is 3.21. The first-order chi connectivity index (χ1) is 14.0. The normalized spacial score (nSPS) is 13.9. The van der Waals surface area contributed by atoms with Gasteiger partial charge in [-0.05, 0) is 47.9 Å². The summed E-state index contributed by atoms with van der Waals surface area (Å²) < 4.78 is 5.51. The predicted molar refractivity (Wildman–Crippen MR) is 110 cm³/mol. The number of benzene rings is 2. The lowest BCUT2D eigenvalue weighted by Gasteiger charge is -2.34. The molecule has 29 heavy (non-hydrogen) atoms. The van der Waals surface area contributed by atoms with Gasteiger partial charge in [-0.3, -0.25) is 9.59 Å². The van der Waals surface area contributed by atoms with Crippen LogP contribution in [0.3, 0.4) is 0 Å². The minimum Gasteiger partial charge on any atom is -0.484 e. The summed E-state index contributed by atoms with van der Waals surface area (Å²) in [5.41, 5.74) is 2.43. The molecule has 2 aromatic rings. The molecule has 0 radical (unpaired) electrons. The van der Waals surface area contributed by atoms with Crippen molar-refractivity contribution in [2.75, 3.05) is 32.8 Å². The summed E-state index contributed by atoms with van der Waals surface area (Å²) in [7, 11) is 0. The molecule has 2 amide bonds. The van der Waals surface area contributed by atoms with E-state index in [9.17, 15) is 9.59 Å². The molecule has 0 atom stereocenters.